The van der Waals surface area contributed by atoms with Crippen LogP contribution in [0.4, 0.5) is 17.6 Å². The van der Waals surface area contributed by atoms with E-state index in [1.165, 1.54) is 30.3 Å². The van der Waals surface area contributed by atoms with E-state index in [4.69, 9.17) is 20.3 Å². The number of hydrogen-bond donors (Lipinski definition) is 4. The number of esters is 1. The number of fused-ring (bicyclic) bond motifs is 1. The van der Waals surface area contributed by atoms with E-state index in [0.29, 0.717) is 17.1 Å². The van der Waals surface area contributed by atoms with E-state index < -0.39 is 21.6 Å². The number of nitrogens with zero attached hydrogens (tertiary/aromatic N) is 3. The zero-order valence-electron chi connectivity index (χ0n) is 20.2. The molecule has 2 aromatic heterocycles. The Bertz CT molecular complexity index is 1590. The van der Waals surface area contributed by atoms with Crippen LogP contribution in [0.15, 0.2) is 59.5 Å². The number of anilines is 3. The Balaban J connectivity index is 1.49. The van der Waals surface area contributed by atoms with Crippen molar-refractivity contribution >= 4 is 50.6 Å². The van der Waals surface area contributed by atoms with Crippen molar-refractivity contribution in [2.45, 2.75) is 31.3 Å². The lowest BCUT2D eigenvalue weighted by Gasteiger charge is -2.17. The van der Waals surface area contributed by atoms with Crippen molar-refractivity contribution in [1.82, 2.24) is 19.9 Å². The Hall–Kier alpha value is -4.49. The molecule has 0 amide bonds. The lowest BCUT2D eigenvalue weighted by Crippen LogP contribution is -2.22. The van der Waals surface area contributed by atoms with Gasteiger partial charge in [0.2, 0.25) is 21.9 Å². The average molecular weight is 524 g/mol. The molecule has 4 aromatic rings. The second kappa shape index (κ2) is 9.87. The largest absolute Gasteiger partial charge is 0.457 e. The van der Waals surface area contributed by atoms with Crippen molar-refractivity contribution in [2.75, 3.05) is 11.1 Å². The second-order valence-corrected chi connectivity index (χ2v) is 10.5. The highest BCUT2D eigenvalue weighted by atomic mass is 32.2. The number of rotatable bonds is 7. The molecule has 37 heavy (non-hydrogen) atoms. The number of aromatic nitrogens is 4. The summed E-state index contributed by atoms with van der Waals surface area (Å²) in [7, 11) is -3.80. The summed E-state index contributed by atoms with van der Waals surface area (Å²) in [6, 6.07) is 12.8. The summed E-state index contributed by atoms with van der Waals surface area (Å²) in [5, 5.41) is 8.86. The molecule has 4 rings (SSSR count). The van der Waals surface area contributed by atoms with Gasteiger partial charge >= 0.3 is 12.0 Å². The van der Waals surface area contributed by atoms with Gasteiger partial charge in [0, 0.05) is 28.4 Å². The van der Waals surface area contributed by atoms with Crippen molar-refractivity contribution in [3.8, 4) is 11.8 Å². The fourth-order valence-electron chi connectivity index (χ4n) is 3.22. The van der Waals surface area contributed by atoms with Gasteiger partial charge in [-0.1, -0.05) is 0 Å². The van der Waals surface area contributed by atoms with Crippen LogP contribution in [-0.4, -0.2) is 39.9 Å². The monoisotopic (exact) mass is 523 g/mol. The van der Waals surface area contributed by atoms with Crippen molar-refractivity contribution in [3.05, 3.63) is 60.3 Å². The zero-order valence-corrected chi connectivity index (χ0v) is 21.0. The van der Waals surface area contributed by atoms with Gasteiger partial charge in [0.1, 0.15) is 11.4 Å². The van der Waals surface area contributed by atoms with E-state index in [9.17, 15) is 13.2 Å². The number of hydrogen-bond acceptors (Lipinski definition) is 10. The molecule has 0 fully saturated rings. The maximum atomic E-state index is 11.9. The number of carbonyl (C=O) groups is 1. The van der Waals surface area contributed by atoms with Crippen LogP contribution in [0.1, 0.15) is 26.5 Å². The number of H-pyrrole nitrogens is 1. The van der Waals surface area contributed by atoms with Crippen LogP contribution >= 0.6 is 0 Å². The number of carbonyl (C=O) groups excluding carboxylic acids is 1. The highest BCUT2D eigenvalue weighted by Crippen LogP contribution is 2.26. The molecule has 2 aromatic carbocycles. The third kappa shape index (κ3) is 7.02. The molecular weight excluding hydrogens is 498 g/mol. The van der Waals surface area contributed by atoms with Gasteiger partial charge in [-0.05, 0) is 75.4 Å². The molecule has 0 unspecified atom stereocenters. The Morgan fingerprint density at radius 1 is 1.05 bits per heavy atom. The minimum atomic E-state index is -3.80. The molecule has 0 radical (unpaired) electrons. The van der Waals surface area contributed by atoms with Crippen LogP contribution in [0, 0.1) is 0 Å². The molecule has 0 aliphatic rings. The topological polar surface area (TPSA) is 188 Å². The fourth-order valence-corrected chi connectivity index (χ4v) is 3.73. The summed E-state index contributed by atoms with van der Waals surface area (Å²) < 4.78 is 33.9. The van der Waals surface area contributed by atoms with Crippen LogP contribution in [0.3, 0.4) is 0 Å². The van der Waals surface area contributed by atoms with Gasteiger partial charge in [0.05, 0.1) is 4.90 Å². The van der Waals surface area contributed by atoms with E-state index in [1.54, 1.807) is 39.0 Å². The number of sulfonamides is 1. The van der Waals surface area contributed by atoms with Crippen LogP contribution in [0.2, 0.25) is 0 Å². The Morgan fingerprint density at radius 2 is 1.78 bits per heavy atom. The summed E-state index contributed by atoms with van der Waals surface area (Å²) >= 11 is 0. The van der Waals surface area contributed by atoms with Crippen LogP contribution in [-0.2, 0) is 19.6 Å². The van der Waals surface area contributed by atoms with E-state index >= 15 is 0 Å². The van der Waals surface area contributed by atoms with E-state index in [-0.39, 0.29) is 22.8 Å². The molecule has 6 N–H and O–H groups in total. The molecule has 0 saturated carbocycles. The fraction of sp³-hybridized carbons (Fsp3) is 0.167. The third-order valence-corrected chi connectivity index (χ3v) is 5.63. The first-order valence-corrected chi connectivity index (χ1v) is 12.5. The molecule has 2 heterocycles. The van der Waals surface area contributed by atoms with Gasteiger partial charge in [-0.3, -0.25) is 0 Å². The summed E-state index contributed by atoms with van der Waals surface area (Å²) in [4.78, 5) is 27.3. The summed E-state index contributed by atoms with van der Waals surface area (Å²) in [6.07, 6.45) is 2.99. The molecular formula is C24H25N7O5S. The minimum absolute atomic E-state index is 0.0270. The predicted molar refractivity (Wildman–Crippen MR) is 139 cm³/mol. The number of primary sulfonamides is 1. The molecule has 0 spiro atoms. The van der Waals surface area contributed by atoms with Gasteiger partial charge in [0.15, 0.2) is 0 Å². The lowest BCUT2D eigenvalue weighted by atomic mass is 10.2. The number of nitrogens with two attached hydrogens (primary N) is 2. The molecule has 0 bridgehead atoms. The number of nitrogens with one attached hydrogen (secondary N) is 2. The predicted octanol–water partition coefficient (Wildman–Crippen LogP) is 3.47. The maximum absolute atomic E-state index is 11.9. The number of benzene rings is 2. The Kier molecular flexibility index (Phi) is 6.83. The highest BCUT2D eigenvalue weighted by Gasteiger charge is 2.14. The van der Waals surface area contributed by atoms with Gasteiger partial charge in [-0.2, -0.15) is 15.0 Å². The molecule has 0 aliphatic carbocycles. The molecule has 0 saturated heterocycles. The number of ether oxygens (including phenoxy) is 2. The number of nitrogen functional groups attached to an aromatic ring is 1. The van der Waals surface area contributed by atoms with Crippen molar-refractivity contribution < 1.29 is 22.7 Å². The van der Waals surface area contributed by atoms with Gasteiger partial charge in [-0.15, -0.1) is 0 Å². The van der Waals surface area contributed by atoms with E-state index in [0.717, 1.165) is 10.9 Å². The quantitative estimate of drug-likeness (QED) is 0.206. The van der Waals surface area contributed by atoms with E-state index in [2.05, 4.69) is 25.3 Å². The standard InChI is InChI=1S/C24H25N7O5S/c1-24(2,3)36-20(32)11-6-16-12-14-13-17(7-10-19(14)27-16)35-23-30-21(25)29-22(31-23)28-15-4-8-18(9-5-15)37(26,33)34/h4-13,27H,1-3H3,(H2,26,33,34)(H3,25,28,29,30,31)/b11-6+. The Labute approximate surface area is 212 Å². The summed E-state index contributed by atoms with van der Waals surface area (Å²) in [6.45, 7) is 5.41. The molecule has 13 heteroatoms. The number of aromatic amines is 1. The summed E-state index contributed by atoms with van der Waals surface area (Å²) in [5.41, 5.74) is 7.29. The normalized spacial score (nSPS) is 12.1. The first-order valence-electron chi connectivity index (χ1n) is 11.0. The highest BCUT2D eigenvalue weighted by molar-refractivity contribution is 7.89. The van der Waals surface area contributed by atoms with Crippen molar-refractivity contribution in [1.29, 1.82) is 0 Å². The Morgan fingerprint density at radius 3 is 2.46 bits per heavy atom. The van der Waals surface area contributed by atoms with Crippen molar-refractivity contribution in [2.24, 2.45) is 5.14 Å². The molecule has 192 valence electrons. The van der Waals surface area contributed by atoms with Crippen LogP contribution < -0.4 is 20.9 Å². The van der Waals surface area contributed by atoms with Gasteiger partial charge in [0.25, 0.3) is 0 Å². The second-order valence-electron chi connectivity index (χ2n) is 8.94. The van der Waals surface area contributed by atoms with Crippen molar-refractivity contribution in [3.63, 3.8) is 0 Å². The van der Waals surface area contributed by atoms with Gasteiger partial charge < -0.3 is 25.5 Å². The zero-order chi connectivity index (χ0) is 26.8. The smallest absolute Gasteiger partial charge is 0.331 e. The van der Waals surface area contributed by atoms with Crippen LogP contribution in [0.25, 0.3) is 17.0 Å². The first kappa shape index (κ1) is 25.6. The third-order valence-electron chi connectivity index (χ3n) is 4.70. The molecule has 0 atom stereocenters. The lowest BCUT2D eigenvalue weighted by molar-refractivity contribution is -0.148. The first-order chi connectivity index (χ1) is 17.3. The molecule has 0 aliphatic heterocycles. The molecule has 12 nitrogen and oxygen atoms in total. The maximum Gasteiger partial charge on any atom is 0.331 e. The summed E-state index contributed by atoms with van der Waals surface area (Å²) in [5.74, 6) is 0.0321. The van der Waals surface area contributed by atoms with Crippen LogP contribution in [0.5, 0.6) is 11.8 Å². The van der Waals surface area contributed by atoms with E-state index in [1.807, 2.05) is 12.1 Å². The minimum Gasteiger partial charge on any atom is -0.457 e. The SMILES string of the molecule is CC(C)(C)OC(=O)/C=C/c1cc2cc(Oc3nc(N)nc(Nc4ccc(S(N)(=O)=O)cc4)n3)ccc2[nH]1. The van der Waals surface area contributed by atoms with Gasteiger partial charge in [-0.25, -0.2) is 18.4 Å². The average Bonchev–Trinajstić information content (AvgIpc) is 3.18.